The van der Waals surface area contributed by atoms with Gasteiger partial charge in [-0.1, -0.05) is 0 Å². The van der Waals surface area contributed by atoms with Crippen LogP contribution in [0.4, 0.5) is 0 Å². The molecule has 1 aromatic rings. The predicted molar refractivity (Wildman–Crippen MR) is 85.8 cm³/mol. The molecule has 6 nitrogen and oxygen atoms in total. The second kappa shape index (κ2) is 5.72. The second-order valence-corrected chi connectivity index (χ2v) is 6.78. The third-order valence-electron chi connectivity index (χ3n) is 4.27. The van der Waals surface area contributed by atoms with E-state index in [1.54, 1.807) is 16.2 Å². The molecule has 1 saturated heterocycles. The molecule has 1 spiro atoms. The van der Waals surface area contributed by atoms with Crippen molar-refractivity contribution < 1.29 is 9.59 Å². The molecule has 2 aliphatic rings. The Labute approximate surface area is 133 Å². The summed E-state index contributed by atoms with van der Waals surface area (Å²) >= 11 is 1.60. The molecule has 0 aliphatic carbocycles. The molecule has 1 aromatic heterocycles. The number of hydrogen-bond donors (Lipinski definition) is 1. The summed E-state index contributed by atoms with van der Waals surface area (Å²) in [5.74, 6) is 0.702. The minimum Gasteiger partial charge on any atom is -0.349 e. The third kappa shape index (κ3) is 2.72. The Bertz CT molecular complexity index is 601. The molecule has 118 valence electrons. The van der Waals surface area contributed by atoms with Gasteiger partial charge in [0.15, 0.2) is 0 Å². The summed E-state index contributed by atoms with van der Waals surface area (Å²) in [4.78, 5) is 32.8. The van der Waals surface area contributed by atoms with Crippen LogP contribution >= 0.6 is 11.3 Å². The van der Waals surface area contributed by atoms with E-state index in [9.17, 15) is 9.59 Å². The lowest BCUT2D eigenvalue weighted by atomic mass is 9.88. The minimum absolute atomic E-state index is 0.0406. The monoisotopic (exact) mass is 320 g/mol. The normalized spacial score (nSPS) is 20.0. The molecule has 0 saturated carbocycles. The molecular formula is C15H20N4O2S. The van der Waals surface area contributed by atoms with Crippen LogP contribution in [-0.2, 0) is 16.0 Å². The highest BCUT2D eigenvalue weighted by atomic mass is 32.1. The zero-order chi connectivity index (χ0) is 15.7. The Morgan fingerprint density at radius 1 is 1.45 bits per heavy atom. The number of hydrogen-bond acceptors (Lipinski definition) is 5. The van der Waals surface area contributed by atoms with Crippen LogP contribution in [0.3, 0.4) is 0 Å². The number of nitrogens with one attached hydrogen (secondary N) is 1. The topological polar surface area (TPSA) is 65.0 Å². The first-order valence-corrected chi connectivity index (χ1v) is 8.32. The number of guanidine groups is 1. The maximum absolute atomic E-state index is 12.3. The van der Waals surface area contributed by atoms with E-state index < -0.39 is 5.54 Å². The Kier molecular flexibility index (Phi) is 3.90. The van der Waals surface area contributed by atoms with Crippen molar-refractivity contribution >= 4 is 29.1 Å². The number of thiophene rings is 1. The number of likely N-dealkylation sites (tertiary alicyclic amines) is 1. The number of piperidine rings is 1. The van der Waals surface area contributed by atoms with Crippen LogP contribution in [0.2, 0.25) is 0 Å². The molecule has 0 bridgehead atoms. The van der Waals surface area contributed by atoms with E-state index in [0.717, 1.165) is 5.56 Å². The zero-order valence-corrected chi connectivity index (χ0v) is 13.7. The molecule has 22 heavy (non-hydrogen) atoms. The van der Waals surface area contributed by atoms with Crippen molar-refractivity contribution in [1.29, 1.82) is 0 Å². The van der Waals surface area contributed by atoms with E-state index in [-0.39, 0.29) is 11.8 Å². The number of aliphatic imine (C=N–C) groups is 1. The molecule has 2 aliphatic heterocycles. The van der Waals surface area contributed by atoms with Gasteiger partial charge in [0.2, 0.25) is 11.9 Å². The number of carbonyl (C=O) groups excluding carboxylic acids is 2. The predicted octanol–water partition coefficient (Wildman–Crippen LogP) is 0.699. The lowest BCUT2D eigenvalue weighted by Crippen LogP contribution is -2.51. The molecule has 7 heteroatoms. The maximum Gasteiger partial charge on any atom is 0.254 e. The first-order valence-electron chi connectivity index (χ1n) is 7.38. The summed E-state index contributed by atoms with van der Waals surface area (Å²) in [7, 11) is 3.72. The number of nitrogens with zero attached hydrogens (tertiary/aromatic N) is 3. The van der Waals surface area contributed by atoms with Crippen molar-refractivity contribution in [1.82, 2.24) is 15.1 Å². The fourth-order valence-electron chi connectivity index (χ4n) is 2.86. The van der Waals surface area contributed by atoms with Crippen LogP contribution in [0.15, 0.2) is 21.8 Å². The number of rotatable bonds is 2. The fourth-order valence-corrected chi connectivity index (χ4v) is 3.52. The van der Waals surface area contributed by atoms with Crippen molar-refractivity contribution in [3.05, 3.63) is 22.4 Å². The Balaban J connectivity index is 1.63. The SMILES string of the molecule is CN(C)C1=NC2(CCN(C(=O)Cc3ccsc3)CC2)C(=O)N1. The van der Waals surface area contributed by atoms with Gasteiger partial charge in [-0.3, -0.25) is 14.9 Å². The van der Waals surface area contributed by atoms with Gasteiger partial charge in [-0.2, -0.15) is 11.3 Å². The van der Waals surface area contributed by atoms with E-state index in [1.165, 1.54) is 0 Å². The van der Waals surface area contributed by atoms with Crippen LogP contribution in [-0.4, -0.2) is 60.3 Å². The molecule has 1 N–H and O–H groups in total. The standard InChI is InChI=1S/C15H20N4O2S/c1-18(2)14-16-13(21)15(17-14)4-6-19(7-5-15)12(20)9-11-3-8-22-10-11/h3,8,10H,4-7,9H2,1-2H3,(H,16,17,21). The van der Waals surface area contributed by atoms with Crippen molar-refractivity contribution in [2.75, 3.05) is 27.2 Å². The second-order valence-electron chi connectivity index (χ2n) is 6.00. The van der Waals surface area contributed by atoms with Gasteiger partial charge in [-0.05, 0) is 35.2 Å². The average molecular weight is 320 g/mol. The van der Waals surface area contributed by atoms with Gasteiger partial charge in [0.1, 0.15) is 5.54 Å². The van der Waals surface area contributed by atoms with Crippen LogP contribution in [0.1, 0.15) is 18.4 Å². The zero-order valence-electron chi connectivity index (χ0n) is 12.8. The molecule has 0 atom stereocenters. The number of carbonyl (C=O) groups is 2. The first-order chi connectivity index (χ1) is 10.5. The van der Waals surface area contributed by atoms with Gasteiger partial charge in [0.25, 0.3) is 5.91 Å². The van der Waals surface area contributed by atoms with Gasteiger partial charge >= 0.3 is 0 Å². The van der Waals surface area contributed by atoms with Crippen LogP contribution in [0.5, 0.6) is 0 Å². The van der Waals surface area contributed by atoms with Gasteiger partial charge < -0.3 is 9.80 Å². The van der Waals surface area contributed by atoms with E-state index in [4.69, 9.17) is 0 Å². The van der Waals surface area contributed by atoms with Crippen molar-refractivity contribution in [3.63, 3.8) is 0 Å². The van der Waals surface area contributed by atoms with Crippen LogP contribution in [0, 0.1) is 0 Å². The molecule has 2 amide bonds. The van der Waals surface area contributed by atoms with Crippen LogP contribution < -0.4 is 5.32 Å². The van der Waals surface area contributed by atoms with Crippen molar-refractivity contribution in [3.8, 4) is 0 Å². The largest absolute Gasteiger partial charge is 0.349 e. The van der Waals surface area contributed by atoms with Crippen molar-refractivity contribution in [2.45, 2.75) is 24.8 Å². The minimum atomic E-state index is -0.682. The van der Waals surface area contributed by atoms with E-state index in [0.29, 0.717) is 38.3 Å². The Hall–Kier alpha value is -1.89. The average Bonchev–Trinajstić information content (AvgIpc) is 3.09. The maximum atomic E-state index is 12.3. The highest BCUT2D eigenvalue weighted by Gasteiger charge is 2.46. The highest BCUT2D eigenvalue weighted by Crippen LogP contribution is 2.30. The highest BCUT2D eigenvalue weighted by molar-refractivity contribution is 7.08. The summed E-state index contributed by atoms with van der Waals surface area (Å²) in [5, 5.41) is 6.81. The molecule has 3 rings (SSSR count). The van der Waals surface area contributed by atoms with Crippen LogP contribution in [0.25, 0.3) is 0 Å². The summed E-state index contributed by atoms with van der Waals surface area (Å²) < 4.78 is 0. The van der Waals surface area contributed by atoms with Gasteiger partial charge in [-0.25, -0.2) is 4.99 Å². The molecule has 0 unspecified atom stereocenters. The fraction of sp³-hybridized carbons (Fsp3) is 0.533. The lowest BCUT2D eigenvalue weighted by Gasteiger charge is -2.35. The van der Waals surface area contributed by atoms with E-state index in [2.05, 4.69) is 10.3 Å². The quantitative estimate of drug-likeness (QED) is 0.872. The van der Waals surface area contributed by atoms with Gasteiger partial charge in [0.05, 0.1) is 6.42 Å². The Morgan fingerprint density at radius 3 is 2.73 bits per heavy atom. The van der Waals surface area contributed by atoms with Gasteiger partial charge in [0, 0.05) is 27.2 Å². The summed E-state index contributed by atoms with van der Waals surface area (Å²) in [5.41, 5.74) is 0.375. The Morgan fingerprint density at radius 2 is 2.18 bits per heavy atom. The molecule has 0 radical (unpaired) electrons. The molecule has 3 heterocycles. The van der Waals surface area contributed by atoms with E-state index >= 15 is 0 Å². The number of amides is 2. The third-order valence-corrected chi connectivity index (χ3v) is 5.00. The summed E-state index contributed by atoms with van der Waals surface area (Å²) in [6.45, 7) is 1.17. The summed E-state index contributed by atoms with van der Waals surface area (Å²) in [6, 6.07) is 1.98. The molecule has 0 aromatic carbocycles. The summed E-state index contributed by atoms with van der Waals surface area (Å²) in [6.07, 6.45) is 1.62. The lowest BCUT2D eigenvalue weighted by molar-refractivity contribution is -0.135. The first kappa shape index (κ1) is 15.0. The molecular weight excluding hydrogens is 300 g/mol. The molecule has 1 fully saturated rings. The van der Waals surface area contributed by atoms with Gasteiger partial charge in [-0.15, -0.1) is 0 Å². The van der Waals surface area contributed by atoms with Crippen molar-refractivity contribution in [2.24, 2.45) is 4.99 Å². The smallest absolute Gasteiger partial charge is 0.254 e. The van der Waals surface area contributed by atoms with E-state index in [1.807, 2.05) is 35.8 Å².